The molecule has 10 heteroatoms. The molecule has 6 nitrogen and oxygen atoms in total. The summed E-state index contributed by atoms with van der Waals surface area (Å²) in [6.07, 6.45) is 13.0. The van der Waals surface area contributed by atoms with Crippen LogP contribution in [0.5, 0.6) is 5.19 Å². The van der Waals surface area contributed by atoms with Crippen molar-refractivity contribution in [3.63, 3.8) is 0 Å². The molecule has 2 aromatic carbocycles. The van der Waals surface area contributed by atoms with Crippen LogP contribution in [0.4, 0.5) is 4.39 Å². The number of thiazole rings is 1. The first-order valence-electron chi connectivity index (χ1n) is 13.8. The third-order valence-electron chi connectivity index (χ3n) is 9.14. The molecule has 1 N–H and O–H groups in total. The second kappa shape index (κ2) is 10.1. The molecule has 0 amide bonds. The van der Waals surface area contributed by atoms with E-state index < -0.39 is 11.8 Å². The molecule has 2 heterocycles. The highest BCUT2D eigenvalue weighted by Gasteiger charge is 2.48. The van der Waals surface area contributed by atoms with E-state index >= 15 is 0 Å². The van der Waals surface area contributed by atoms with Gasteiger partial charge in [-0.3, -0.25) is 0 Å². The number of hydrogen-bond donors (Lipinski definition) is 1. The van der Waals surface area contributed by atoms with Crippen LogP contribution in [0, 0.1) is 16.6 Å². The lowest BCUT2D eigenvalue weighted by Gasteiger charge is -2.52. The first kappa shape index (κ1) is 26.9. The van der Waals surface area contributed by atoms with E-state index in [2.05, 4.69) is 22.3 Å². The van der Waals surface area contributed by atoms with Crippen molar-refractivity contribution < 1.29 is 23.6 Å². The summed E-state index contributed by atoms with van der Waals surface area (Å²) >= 11 is 14.3. The molecule has 41 heavy (non-hydrogen) atoms. The smallest absolute Gasteiger partial charge is 0.335 e. The summed E-state index contributed by atoms with van der Waals surface area (Å²) in [4.78, 5) is 15.6. The third kappa shape index (κ3) is 4.94. The van der Waals surface area contributed by atoms with Gasteiger partial charge in [-0.15, -0.1) is 0 Å². The normalized spacial score (nSPS) is 24.0. The SMILES string of the molecule is O=C(O)c1cc(F)c2nc(OCC34CCC(C=Cc5c(-c6c(Cl)cccc6Cl)noc5C5CC5)(CC3)CC4)sc2c1. The van der Waals surface area contributed by atoms with Crippen molar-refractivity contribution >= 4 is 56.8 Å². The fourth-order valence-corrected chi connectivity index (χ4v) is 7.85. The summed E-state index contributed by atoms with van der Waals surface area (Å²) in [5.74, 6) is -0.502. The lowest BCUT2D eigenvalue weighted by atomic mass is 9.54. The minimum Gasteiger partial charge on any atom is -0.478 e. The van der Waals surface area contributed by atoms with E-state index in [1.165, 1.54) is 17.4 Å². The summed E-state index contributed by atoms with van der Waals surface area (Å²) < 4.78 is 26.9. The van der Waals surface area contributed by atoms with Crippen LogP contribution in [0.3, 0.4) is 0 Å². The summed E-state index contributed by atoms with van der Waals surface area (Å²) in [6.45, 7) is 0.520. The highest BCUT2D eigenvalue weighted by molar-refractivity contribution is 7.20. The predicted octanol–water partition coefficient (Wildman–Crippen LogP) is 9.41. The minimum atomic E-state index is -1.17. The van der Waals surface area contributed by atoms with Gasteiger partial charge in [0, 0.05) is 22.5 Å². The topological polar surface area (TPSA) is 85.5 Å². The maximum atomic E-state index is 14.4. The molecule has 4 fully saturated rings. The molecule has 4 aliphatic rings. The minimum absolute atomic E-state index is 0.0603. The Balaban J connectivity index is 1.07. The van der Waals surface area contributed by atoms with Crippen molar-refractivity contribution in [1.82, 2.24) is 10.1 Å². The number of carboxylic acid groups (broad SMARTS) is 1. The van der Waals surface area contributed by atoms with Gasteiger partial charge in [0.15, 0.2) is 5.82 Å². The van der Waals surface area contributed by atoms with Crippen molar-refractivity contribution in [2.45, 2.75) is 57.3 Å². The van der Waals surface area contributed by atoms with Gasteiger partial charge in [0.25, 0.3) is 5.19 Å². The van der Waals surface area contributed by atoms with Crippen LogP contribution in [0.1, 0.15) is 79.0 Å². The predicted molar refractivity (Wildman–Crippen MR) is 158 cm³/mol. The molecule has 8 rings (SSSR count). The first-order chi connectivity index (χ1) is 19.7. The number of aromatic carboxylic acids is 1. The van der Waals surface area contributed by atoms with Crippen molar-refractivity contribution in [3.05, 3.63) is 69.2 Å². The number of carboxylic acids is 1. The van der Waals surface area contributed by atoms with Gasteiger partial charge >= 0.3 is 5.97 Å². The number of fused-ring (bicyclic) bond motifs is 4. The van der Waals surface area contributed by atoms with Crippen LogP contribution in [0.25, 0.3) is 27.6 Å². The van der Waals surface area contributed by atoms with Crippen LogP contribution in [0.15, 0.2) is 40.9 Å². The van der Waals surface area contributed by atoms with Gasteiger partial charge in [0.05, 0.1) is 26.9 Å². The number of rotatable bonds is 8. The Bertz CT molecular complexity index is 1660. The van der Waals surface area contributed by atoms with E-state index in [9.17, 15) is 14.3 Å². The highest BCUT2D eigenvalue weighted by atomic mass is 35.5. The quantitative estimate of drug-likeness (QED) is 0.213. The van der Waals surface area contributed by atoms with Crippen molar-refractivity contribution in [3.8, 4) is 16.5 Å². The number of ether oxygens (including phenoxy) is 1. The molecule has 0 aliphatic heterocycles. The number of hydrogen-bond acceptors (Lipinski definition) is 6. The summed E-state index contributed by atoms with van der Waals surface area (Å²) in [6, 6.07) is 7.92. The fourth-order valence-electron chi connectivity index (χ4n) is 6.40. The molecular formula is C31H27Cl2FN2O4S. The van der Waals surface area contributed by atoms with Gasteiger partial charge in [-0.2, -0.15) is 4.98 Å². The molecule has 4 aromatic rings. The average Bonchev–Trinajstić information content (AvgIpc) is 3.58. The highest BCUT2D eigenvalue weighted by Crippen LogP contribution is 2.58. The molecule has 2 bridgehead atoms. The van der Waals surface area contributed by atoms with E-state index in [1.807, 2.05) is 18.2 Å². The van der Waals surface area contributed by atoms with E-state index in [4.69, 9.17) is 32.5 Å². The second-order valence-electron chi connectivity index (χ2n) is 11.8. The molecule has 0 atom stereocenters. The van der Waals surface area contributed by atoms with Crippen LogP contribution in [-0.2, 0) is 0 Å². The second-order valence-corrected chi connectivity index (χ2v) is 13.6. The summed E-state index contributed by atoms with van der Waals surface area (Å²) in [5.41, 5.74) is 2.62. The number of halogens is 3. The zero-order chi connectivity index (χ0) is 28.4. The van der Waals surface area contributed by atoms with Gasteiger partial charge in [-0.25, -0.2) is 9.18 Å². The molecule has 0 unspecified atom stereocenters. The lowest BCUT2D eigenvalue weighted by Crippen LogP contribution is -2.43. The Labute approximate surface area is 250 Å². The third-order valence-corrected chi connectivity index (χ3v) is 10.7. The van der Waals surface area contributed by atoms with Gasteiger partial charge in [-0.1, -0.05) is 57.9 Å². The number of nitrogens with zero attached hydrogens (tertiary/aromatic N) is 2. The monoisotopic (exact) mass is 612 g/mol. The molecule has 212 valence electrons. The molecule has 0 spiro atoms. The maximum Gasteiger partial charge on any atom is 0.335 e. The molecule has 4 saturated carbocycles. The van der Waals surface area contributed by atoms with Crippen LogP contribution in [-0.4, -0.2) is 27.8 Å². The Morgan fingerprint density at radius 1 is 1.15 bits per heavy atom. The number of allylic oxidation sites excluding steroid dienone is 1. The molecule has 0 radical (unpaired) electrons. The molecule has 2 aromatic heterocycles. The van der Waals surface area contributed by atoms with Gasteiger partial charge in [0.2, 0.25) is 0 Å². The van der Waals surface area contributed by atoms with Gasteiger partial charge in [0.1, 0.15) is 17.0 Å². The fraction of sp³-hybridized carbons (Fsp3) is 0.387. The lowest BCUT2D eigenvalue weighted by molar-refractivity contribution is -0.0122. The Kier molecular flexibility index (Phi) is 6.64. The maximum absolute atomic E-state index is 14.4. The Morgan fingerprint density at radius 2 is 1.85 bits per heavy atom. The molecular weight excluding hydrogens is 586 g/mol. The molecule has 4 aliphatic carbocycles. The number of aromatic nitrogens is 2. The van der Waals surface area contributed by atoms with Crippen molar-refractivity contribution in [2.75, 3.05) is 6.61 Å². The van der Waals surface area contributed by atoms with E-state index in [0.29, 0.717) is 43.7 Å². The zero-order valence-electron chi connectivity index (χ0n) is 22.1. The van der Waals surface area contributed by atoms with Crippen LogP contribution < -0.4 is 4.74 Å². The summed E-state index contributed by atoms with van der Waals surface area (Å²) in [7, 11) is 0. The largest absolute Gasteiger partial charge is 0.478 e. The first-order valence-corrected chi connectivity index (χ1v) is 15.4. The number of carbonyl (C=O) groups is 1. The van der Waals surface area contributed by atoms with Crippen molar-refractivity contribution in [1.29, 1.82) is 0 Å². The zero-order valence-corrected chi connectivity index (χ0v) is 24.4. The van der Waals surface area contributed by atoms with Crippen LogP contribution >= 0.6 is 34.5 Å². The van der Waals surface area contributed by atoms with Gasteiger partial charge in [-0.05, 0) is 81.0 Å². The standard InChI is InChI=1S/C31H27Cl2FN2O4S/c32-20-2-1-3-21(33)24(20)25-19(27(40-36-25)17-4-5-17)6-7-30-8-11-31(12-9-30,13-10-30)16-39-29-35-26-22(34)14-18(28(37)38)15-23(26)41-29/h1-3,6-7,14-15,17H,4-5,8-13,16H2,(H,37,38). The van der Waals surface area contributed by atoms with E-state index in [1.54, 1.807) is 0 Å². The van der Waals surface area contributed by atoms with Crippen molar-refractivity contribution in [2.24, 2.45) is 10.8 Å². The Hall–Kier alpha value is -2.94. The van der Waals surface area contributed by atoms with E-state index in [-0.39, 0.29) is 21.9 Å². The molecule has 0 saturated heterocycles. The number of benzene rings is 2. The average molecular weight is 614 g/mol. The summed E-state index contributed by atoms with van der Waals surface area (Å²) in [5, 5.41) is 15.1. The van der Waals surface area contributed by atoms with Gasteiger partial charge < -0.3 is 14.4 Å². The van der Waals surface area contributed by atoms with E-state index in [0.717, 1.165) is 68.8 Å². The Morgan fingerprint density at radius 3 is 2.51 bits per heavy atom. The van der Waals surface area contributed by atoms with Crippen LogP contribution in [0.2, 0.25) is 10.0 Å².